The van der Waals surface area contributed by atoms with Crippen LogP contribution in [0.15, 0.2) is 78.5 Å². The lowest BCUT2D eigenvalue weighted by molar-refractivity contribution is -0.120. The molecule has 3 aromatic carbocycles. The van der Waals surface area contributed by atoms with Crippen LogP contribution in [0.5, 0.6) is 17.2 Å². The molecule has 4 rings (SSSR count). The summed E-state index contributed by atoms with van der Waals surface area (Å²) in [7, 11) is 3.14. The monoisotopic (exact) mass is 444 g/mol. The summed E-state index contributed by atoms with van der Waals surface area (Å²) >= 11 is 0. The highest BCUT2D eigenvalue weighted by Gasteiger charge is 2.40. The van der Waals surface area contributed by atoms with Gasteiger partial charge in [-0.25, -0.2) is 4.90 Å². The number of carbonyl (C=O) groups is 2. The predicted molar refractivity (Wildman–Crippen MR) is 127 cm³/mol. The molecule has 0 atom stereocenters. The minimum atomic E-state index is -0.456. The molecule has 0 aromatic heterocycles. The summed E-state index contributed by atoms with van der Waals surface area (Å²) in [5, 5.41) is 3.14. The Labute approximate surface area is 192 Å². The molecule has 168 valence electrons. The van der Waals surface area contributed by atoms with Gasteiger partial charge in [0, 0.05) is 17.8 Å². The third kappa shape index (κ3) is 4.39. The summed E-state index contributed by atoms with van der Waals surface area (Å²) in [5.74, 6) is 0.978. The fourth-order valence-electron chi connectivity index (χ4n) is 3.63. The summed E-state index contributed by atoms with van der Waals surface area (Å²) in [6.45, 7) is 2.35. The van der Waals surface area contributed by atoms with Crippen LogP contribution in [0.1, 0.15) is 12.5 Å². The van der Waals surface area contributed by atoms with E-state index in [4.69, 9.17) is 14.2 Å². The molecule has 0 saturated heterocycles. The molecule has 0 aliphatic carbocycles. The smallest absolute Gasteiger partial charge is 0.282 e. The lowest BCUT2D eigenvalue weighted by Gasteiger charge is -2.16. The third-order valence-electron chi connectivity index (χ3n) is 5.19. The largest absolute Gasteiger partial charge is 0.497 e. The van der Waals surface area contributed by atoms with Gasteiger partial charge in [-0.15, -0.1) is 0 Å². The van der Waals surface area contributed by atoms with Crippen molar-refractivity contribution in [2.75, 3.05) is 31.0 Å². The molecule has 1 heterocycles. The molecule has 0 fully saturated rings. The third-order valence-corrected chi connectivity index (χ3v) is 5.19. The Kier molecular flexibility index (Phi) is 6.31. The van der Waals surface area contributed by atoms with E-state index in [9.17, 15) is 9.59 Å². The predicted octanol–water partition coefficient (Wildman–Crippen LogP) is 4.50. The average Bonchev–Trinajstić information content (AvgIpc) is 3.08. The molecule has 0 radical (unpaired) electrons. The number of benzene rings is 3. The molecule has 0 unspecified atom stereocenters. The van der Waals surface area contributed by atoms with Crippen LogP contribution in [0.4, 0.5) is 11.4 Å². The first-order valence-electron chi connectivity index (χ1n) is 10.5. The van der Waals surface area contributed by atoms with Gasteiger partial charge in [0.15, 0.2) is 0 Å². The van der Waals surface area contributed by atoms with E-state index in [1.54, 1.807) is 87.0 Å². The van der Waals surface area contributed by atoms with E-state index in [1.807, 2.05) is 6.92 Å². The van der Waals surface area contributed by atoms with Crippen LogP contribution < -0.4 is 24.4 Å². The average molecular weight is 444 g/mol. The quantitative estimate of drug-likeness (QED) is 0.516. The van der Waals surface area contributed by atoms with Crippen molar-refractivity contribution in [1.82, 2.24) is 0 Å². The highest BCUT2D eigenvalue weighted by atomic mass is 16.5. The summed E-state index contributed by atoms with van der Waals surface area (Å²) in [4.78, 5) is 28.3. The topological polar surface area (TPSA) is 77.1 Å². The van der Waals surface area contributed by atoms with Crippen LogP contribution in [0, 0.1) is 0 Å². The van der Waals surface area contributed by atoms with Crippen molar-refractivity contribution in [3.63, 3.8) is 0 Å². The van der Waals surface area contributed by atoms with Crippen molar-refractivity contribution >= 4 is 28.8 Å². The summed E-state index contributed by atoms with van der Waals surface area (Å²) in [6, 6.07) is 21.1. The molecule has 2 amide bonds. The van der Waals surface area contributed by atoms with E-state index in [2.05, 4.69) is 5.32 Å². The second kappa shape index (κ2) is 9.48. The molecular formula is C26H24N2O5. The second-order valence-corrected chi connectivity index (χ2v) is 7.21. The van der Waals surface area contributed by atoms with E-state index in [0.717, 1.165) is 4.90 Å². The highest BCUT2D eigenvalue weighted by molar-refractivity contribution is 6.46. The fourth-order valence-corrected chi connectivity index (χ4v) is 3.63. The first-order chi connectivity index (χ1) is 16.0. The molecule has 0 bridgehead atoms. The maximum absolute atomic E-state index is 13.6. The molecule has 0 spiro atoms. The van der Waals surface area contributed by atoms with E-state index >= 15 is 0 Å². The molecule has 1 aliphatic rings. The van der Waals surface area contributed by atoms with Gasteiger partial charge < -0.3 is 19.5 Å². The van der Waals surface area contributed by atoms with Crippen LogP contribution in [-0.4, -0.2) is 32.6 Å². The molecule has 3 aromatic rings. The van der Waals surface area contributed by atoms with E-state index in [-0.39, 0.29) is 11.3 Å². The first-order valence-corrected chi connectivity index (χ1v) is 10.5. The number of anilines is 2. The van der Waals surface area contributed by atoms with Crippen LogP contribution >= 0.6 is 0 Å². The molecule has 7 nitrogen and oxygen atoms in total. The molecule has 7 heteroatoms. The lowest BCUT2D eigenvalue weighted by Crippen LogP contribution is -2.32. The molecule has 0 saturated carbocycles. The van der Waals surface area contributed by atoms with Gasteiger partial charge in [0.25, 0.3) is 11.8 Å². The zero-order chi connectivity index (χ0) is 23.4. The number of methoxy groups -OCH3 is 2. The Hall–Kier alpha value is -4.26. The Morgan fingerprint density at radius 1 is 0.788 bits per heavy atom. The Balaban J connectivity index is 1.79. The van der Waals surface area contributed by atoms with Gasteiger partial charge in [-0.3, -0.25) is 9.59 Å². The fraction of sp³-hybridized carbons (Fsp3) is 0.154. The van der Waals surface area contributed by atoms with Gasteiger partial charge in [-0.2, -0.15) is 0 Å². The Morgan fingerprint density at radius 3 is 2.18 bits per heavy atom. The summed E-state index contributed by atoms with van der Waals surface area (Å²) < 4.78 is 16.1. The Bertz CT molecular complexity index is 1220. The summed E-state index contributed by atoms with van der Waals surface area (Å²) in [5.41, 5.74) is 2.11. The van der Waals surface area contributed by atoms with Crippen molar-refractivity contribution < 1.29 is 23.8 Å². The number of nitrogens with one attached hydrogen (secondary N) is 1. The normalized spacial score (nSPS) is 13.4. The van der Waals surface area contributed by atoms with E-state index in [1.165, 1.54) is 0 Å². The number of ether oxygens (including phenoxy) is 3. The zero-order valence-electron chi connectivity index (χ0n) is 18.6. The molecule has 33 heavy (non-hydrogen) atoms. The van der Waals surface area contributed by atoms with Crippen molar-refractivity contribution in [3.05, 3.63) is 84.1 Å². The van der Waals surface area contributed by atoms with Crippen molar-refractivity contribution in [2.45, 2.75) is 6.92 Å². The number of amides is 2. The highest BCUT2D eigenvalue weighted by Crippen LogP contribution is 2.35. The maximum atomic E-state index is 13.6. The van der Waals surface area contributed by atoms with Crippen LogP contribution in [-0.2, 0) is 9.59 Å². The standard InChI is InChI=1S/C26H24N2O5/c1-4-33-22-10-6-8-19(16-22)28-25(29)23(17-11-13-20(31-2)14-12-17)24(26(28)30)27-18-7-5-9-21(15-18)32-3/h5-16,27H,4H2,1-3H3. The maximum Gasteiger partial charge on any atom is 0.282 e. The summed E-state index contributed by atoms with van der Waals surface area (Å²) in [6.07, 6.45) is 0. The number of rotatable bonds is 8. The van der Waals surface area contributed by atoms with Gasteiger partial charge >= 0.3 is 0 Å². The minimum Gasteiger partial charge on any atom is -0.497 e. The van der Waals surface area contributed by atoms with Crippen molar-refractivity contribution in [3.8, 4) is 17.2 Å². The van der Waals surface area contributed by atoms with Crippen molar-refractivity contribution in [2.24, 2.45) is 0 Å². The van der Waals surface area contributed by atoms with E-state index < -0.39 is 11.8 Å². The van der Waals surface area contributed by atoms with Crippen LogP contribution in [0.2, 0.25) is 0 Å². The van der Waals surface area contributed by atoms with Crippen molar-refractivity contribution in [1.29, 1.82) is 0 Å². The molecule has 1 N–H and O–H groups in total. The van der Waals surface area contributed by atoms with Crippen LogP contribution in [0.25, 0.3) is 5.57 Å². The molecular weight excluding hydrogens is 420 g/mol. The second-order valence-electron chi connectivity index (χ2n) is 7.21. The SMILES string of the molecule is CCOc1cccc(N2C(=O)C(Nc3cccc(OC)c3)=C(c3ccc(OC)cc3)C2=O)c1. The first kappa shape index (κ1) is 22.0. The van der Waals surface area contributed by atoms with Gasteiger partial charge in [0.05, 0.1) is 32.1 Å². The number of carbonyl (C=O) groups excluding carboxylic acids is 2. The van der Waals surface area contributed by atoms with Crippen LogP contribution in [0.3, 0.4) is 0 Å². The lowest BCUT2D eigenvalue weighted by atomic mass is 10.0. The minimum absolute atomic E-state index is 0.181. The molecule has 1 aliphatic heterocycles. The van der Waals surface area contributed by atoms with E-state index in [0.29, 0.717) is 40.8 Å². The number of hydrogen-bond acceptors (Lipinski definition) is 6. The van der Waals surface area contributed by atoms with Gasteiger partial charge in [-0.05, 0) is 48.9 Å². The number of hydrogen-bond donors (Lipinski definition) is 1. The number of imide groups is 1. The van der Waals surface area contributed by atoms with Gasteiger partial charge in [0.2, 0.25) is 0 Å². The Morgan fingerprint density at radius 2 is 1.48 bits per heavy atom. The van der Waals surface area contributed by atoms with Gasteiger partial charge in [0.1, 0.15) is 22.9 Å². The number of nitrogens with zero attached hydrogens (tertiary/aromatic N) is 1. The van der Waals surface area contributed by atoms with Gasteiger partial charge in [-0.1, -0.05) is 24.3 Å². The zero-order valence-corrected chi connectivity index (χ0v) is 18.6.